The van der Waals surface area contributed by atoms with Crippen molar-refractivity contribution in [1.82, 2.24) is 0 Å². The van der Waals surface area contributed by atoms with E-state index in [1.165, 1.54) is 13.8 Å². The molecule has 1 aromatic rings. The van der Waals surface area contributed by atoms with Crippen molar-refractivity contribution in [3.8, 4) is 0 Å². The van der Waals surface area contributed by atoms with Crippen LogP contribution in [0.5, 0.6) is 0 Å². The summed E-state index contributed by atoms with van der Waals surface area (Å²) in [5, 5.41) is 18.1. The molecule has 0 aliphatic carbocycles. The predicted octanol–water partition coefficient (Wildman–Crippen LogP) is 2.18. The average molecular weight is 268 g/mol. The standard InChI is InChI=1S/C13H18O4.C2H6/c1-13(2,16)12(15)11-5-3-10(4-6-11)9-17-8-7-14;1-2/h3-6,14,16H,7-9H2,1-2H3;1-2H3. The second-order valence-corrected chi connectivity index (χ2v) is 4.36. The number of hydrogen-bond donors (Lipinski definition) is 2. The molecule has 0 aliphatic rings. The zero-order chi connectivity index (χ0) is 14.9. The maximum atomic E-state index is 11.7. The molecule has 0 radical (unpaired) electrons. The first kappa shape index (κ1) is 17.8. The summed E-state index contributed by atoms with van der Waals surface area (Å²) < 4.78 is 5.15. The molecule has 0 heterocycles. The molecule has 0 amide bonds. The van der Waals surface area contributed by atoms with Crippen molar-refractivity contribution in [2.75, 3.05) is 13.2 Å². The van der Waals surface area contributed by atoms with E-state index < -0.39 is 5.60 Å². The molecule has 19 heavy (non-hydrogen) atoms. The van der Waals surface area contributed by atoms with Crippen LogP contribution in [0.3, 0.4) is 0 Å². The lowest BCUT2D eigenvalue weighted by Crippen LogP contribution is -2.31. The molecule has 0 saturated heterocycles. The number of Topliss-reactive ketones (excluding diaryl/α,β-unsaturated/α-hetero) is 1. The van der Waals surface area contributed by atoms with Crippen molar-refractivity contribution >= 4 is 5.78 Å². The highest BCUT2D eigenvalue weighted by molar-refractivity contribution is 6.01. The maximum Gasteiger partial charge on any atom is 0.193 e. The second kappa shape index (κ2) is 8.80. The van der Waals surface area contributed by atoms with Gasteiger partial charge < -0.3 is 14.9 Å². The molecule has 0 saturated carbocycles. The highest BCUT2D eigenvalue weighted by Gasteiger charge is 2.24. The third kappa shape index (κ3) is 6.47. The molecule has 2 N–H and O–H groups in total. The van der Waals surface area contributed by atoms with Crippen LogP contribution in [0.1, 0.15) is 43.6 Å². The van der Waals surface area contributed by atoms with Gasteiger partial charge in [-0.15, -0.1) is 0 Å². The SMILES string of the molecule is CC.CC(C)(O)C(=O)c1ccc(COCCO)cc1. The molecular formula is C15H24O4. The Morgan fingerprint density at radius 3 is 2.16 bits per heavy atom. The normalized spacial score (nSPS) is 10.6. The van der Waals surface area contributed by atoms with Crippen LogP contribution >= 0.6 is 0 Å². The Balaban J connectivity index is 0.00000154. The second-order valence-electron chi connectivity index (χ2n) is 4.36. The molecule has 1 aromatic carbocycles. The highest BCUT2D eigenvalue weighted by Crippen LogP contribution is 2.13. The number of ketones is 1. The van der Waals surface area contributed by atoms with Gasteiger partial charge in [0.2, 0.25) is 0 Å². The molecule has 0 unspecified atom stereocenters. The minimum atomic E-state index is -1.35. The molecule has 0 spiro atoms. The van der Waals surface area contributed by atoms with E-state index >= 15 is 0 Å². The predicted molar refractivity (Wildman–Crippen MR) is 75.2 cm³/mol. The van der Waals surface area contributed by atoms with Gasteiger partial charge >= 0.3 is 0 Å². The van der Waals surface area contributed by atoms with E-state index in [9.17, 15) is 9.90 Å². The summed E-state index contributed by atoms with van der Waals surface area (Å²) in [5.41, 5.74) is 0.0451. The Morgan fingerprint density at radius 1 is 1.21 bits per heavy atom. The topological polar surface area (TPSA) is 66.8 Å². The molecular weight excluding hydrogens is 244 g/mol. The van der Waals surface area contributed by atoms with Gasteiger partial charge in [0.15, 0.2) is 5.78 Å². The van der Waals surface area contributed by atoms with Gasteiger partial charge in [0.25, 0.3) is 0 Å². The number of ether oxygens (including phenoxy) is 1. The van der Waals surface area contributed by atoms with Crippen molar-refractivity contribution in [1.29, 1.82) is 0 Å². The third-order valence-corrected chi connectivity index (χ3v) is 2.28. The van der Waals surface area contributed by atoms with E-state index in [2.05, 4.69) is 0 Å². The number of hydrogen-bond acceptors (Lipinski definition) is 4. The van der Waals surface area contributed by atoms with Gasteiger partial charge in [-0.3, -0.25) is 4.79 Å². The summed E-state index contributed by atoms with van der Waals surface area (Å²) in [4.78, 5) is 11.7. The lowest BCUT2D eigenvalue weighted by Gasteiger charge is -2.15. The fourth-order valence-corrected chi connectivity index (χ4v) is 1.36. The Hall–Kier alpha value is -1.23. The van der Waals surface area contributed by atoms with Crippen LogP contribution in [-0.4, -0.2) is 34.8 Å². The first-order valence-corrected chi connectivity index (χ1v) is 6.50. The van der Waals surface area contributed by atoms with Crippen LogP contribution in [0.15, 0.2) is 24.3 Å². The van der Waals surface area contributed by atoms with E-state index in [1.54, 1.807) is 24.3 Å². The van der Waals surface area contributed by atoms with Gasteiger partial charge in [-0.2, -0.15) is 0 Å². The fraction of sp³-hybridized carbons (Fsp3) is 0.533. The first-order valence-electron chi connectivity index (χ1n) is 6.50. The van der Waals surface area contributed by atoms with E-state index in [0.29, 0.717) is 18.8 Å². The quantitative estimate of drug-likeness (QED) is 0.613. The number of carbonyl (C=O) groups is 1. The summed E-state index contributed by atoms with van der Waals surface area (Å²) in [7, 11) is 0. The smallest absolute Gasteiger partial charge is 0.193 e. The first-order chi connectivity index (χ1) is 8.95. The Morgan fingerprint density at radius 2 is 1.74 bits per heavy atom. The molecule has 4 heteroatoms. The van der Waals surface area contributed by atoms with E-state index in [0.717, 1.165) is 5.56 Å². The molecule has 108 valence electrons. The maximum absolute atomic E-state index is 11.7. The zero-order valence-electron chi connectivity index (χ0n) is 12.1. The van der Waals surface area contributed by atoms with E-state index in [1.807, 2.05) is 13.8 Å². The van der Waals surface area contributed by atoms with E-state index in [-0.39, 0.29) is 12.4 Å². The van der Waals surface area contributed by atoms with Crippen LogP contribution in [0.25, 0.3) is 0 Å². The third-order valence-electron chi connectivity index (χ3n) is 2.28. The lowest BCUT2D eigenvalue weighted by molar-refractivity contribution is 0.0488. The molecule has 0 bridgehead atoms. The van der Waals surface area contributed by atoms with Gasteiger partial charge in [0.05, 0.1) is 19.8 Å². The number of carbonyl (C=O) groups excluding carboxylic acids is 1. The lowest BCUT2D eigenvalue weighted by atomic mass is 9.96. The Bertz CT molecular complexity index is 363. The van der Waals surface area contributed by atoms with Crippen molar-refractivity contribution in [3.05, 3.63) is 35.4 Å². The number of benzene rings is 1. The fourth-order valence-electron chi connectivity index (χ4n) is 1.36. The van der Waals surface area contributed by atoms with Crippen molar-refractivity contribution < 1.29 is 19.7 Å². The zero-order valence-corrected chi connectivity index (χ0v) is 12.1. The van der Waals surface area contributed by atoms with Crippen LogP contribution in [0.4, 0.5) is 0 Å². The van der Waals surface area contributed by atoms with Crippen LogP contribution in [0, 0.1) is 0 Å². The number of aliphatic hydroxyl groups excluding tert-OH is 1. The molecule has 0 aromatic heterocycles. The summed E-state index contributed by atoms with van der Waals surface area (Å²) in [5.74, 6) is -0.305. The highest BCUT2D eigenvalue weighted by atomic mass is 16.5. The van der Waals surface area contributed by atoms with Crippen LogP contribution < -0.4 is 0 Å². The number of rotatable bonds is 6. The van der Waals surface area contributed by atoms with Crippen LogP contribution in [0.2, 0.25) is 0 Å². The molecule has 0 aliphatic heterocycles. The van der Waals surface area contributed by atoms with Gasteiger partial charge in [-0.25, -0.2) is 0 Å². The molecule has 0 fully saturated rings. The minimum Gasteiger partial charge on any atom is -0.394 e. The summed E-state index contributed by atoms with van der Waals surface area (Å²) in [6.07, 6.45) is 0. The van der Waals surface area contributed by atoms with Gasteiger partial charge in [0.1, 0.15) is 5.60 Å². The summed E-state index contributed by atoms with van der Waals surface area (Å²) in [6.45, 7) is 7.62. The largest absolute Gasteiger partial charge is 0.394 e. The molecule has 1 rings (SSSR count). The van der Waals surface area contributed by atoms with E-state index in [4.69, 9.17) is 9.84 Å². The van der Waals surface area contributed by atoms with Gasteiger partial charge in [-0.1, -0.05) is 38.1 Å². The molecule has 4 nitrogen and oxygen atoms in total. The minimum absolute atomic E-state index is 0.00469. The monoisotopic (exact) mass is 268 g/mol. The Kier molecular flexibility index (Phi) is 8.23. The van der Waals surface area contributed by atoms with Gasteiger partial charge in [-0.05, 0) is 19.4 Å². The van der Waals surface area contributed by atoms with Crippen molar-refractivity contribution in [2.24, 2.45) is 0 Å². The van der Waals surface area contributed by atoms with Crippen LogP contribution in [-0.2, 0) is 11.3 Å². The van der Waals surface area contributed by atoms with Crippen molar-refractivity contribution in [3.63, 3.8) is 0 Å². The molecule has 0 atom stereocenters. The average Bonchev–Trinajstić information content (AvgIpc) is 2.40. The van der Waals surface area contributed by atoms with Crippen molar-refractivity contribution in [2.45, 2.75) is 39.9 Å². The van der Waals surface area contributed by atoms with Gasteiger partial charge in [0, 0.05) is 5.56 Å². The summed E-state index contributed by atoms with van der Waals surface area (Å²) >= 11 is 0. The Labute approximate surface area is 115 Å². The number of aliphatic hydroxyl groups is 2. The summed E-state index contributed by atoms with van der Waals surface area (Å²) in [6, 6.07) is 6.88.